The molecule has 5 heteroatoms. The third kappa shape index (κ3) is 3.83. The number of aliphatic hydroxyl groups is 1. The van der Waals surface area contributed by atoms with Crippen LogP contribution in [0.3, 0.4) is 0 Å². The molecule has 1 aromatic carbocycles. The summed E-state index contributed by atoms with van der Waals surface area (Å²) in [5, 5.41) is 12.2. The first-order valence-electron chi connectivity index (χ1n) is 7.23. The molecule has 1 heterocycles. The molecule has 0 aliphatic carbocycles. The second-order valence-corrected chi connectivity index (χ2v) is 4.91. The van der Waals surface area contributed by atoms with E-state index in [1.165, 1.54) is 0 Å². The lowest BCUT2D eigenvalue weighted by atomic mass is 10.0. The molecule has 0 aliphatic heterocycles. The fraction of sp³-hybridized carbons (Fsp3) is 0.294. The zero-order chi connectivity index (χ0) is 15.9. The third-order valence-corrected chi connectivity index (χ3v) is 3.38. The van der Waals surface area contributed by atoms with Crippen LogP contribution >= 0.6 is 0 Å². The van der Waals surface area contributed by atoms with Crippen LogP contribution in [0.4, 0.5) is 5.69 Å². The molecular weight excluding hydrogens is 280 g/mol. The topological polar surface area (TPSA) is 71.5 Å². The van der Waals surface area contributed by atoms with Crippen LogP contribution in [0.25, 0.3) is 0 Å². The molecule has 0 bridgehead atoms. The summed E-state index contributed by atoms with van der Waals surface area (Å²) in [6.07, 6.45) is 3.36. The zero-order valence-electron chi connectivity index (χ0n) is 12.7. The average molecular weight is 300 g/mol. The molecule has 0 saturated heterocycles. The lowest BCUT2D eigenvalue weighted by Crippen LogP contribution is -2.19. The number of aromatic nitrogens is 1. The summed E-state index contributed by atoms with van der Waals surface area (Å²) >= 11 is 0. The first-order chi connectivity index (χ1) is 10.7. The predicted molar refractivity (Wildman–Crippen MR) is 84.8 cm³/mol. The number of benzene rings is 1. The Balaban J connectivity index is 2.11. The molecule has 5 nitrogen and oxygen atoms in total. The van der Waals surface area contributed by atoms with E-state index in [0.717, 1.165) is 5.56 Å². The average Bonchev–Trinajstić information content (AvgIpc) is 2.56. The van der Waals surface area contributed by atoms with Crippen molar-refractivity contribution >= 4 is 11.6 Å². The van der Waals surface area contributed by atoms with Gasteiger partial charge in [0.1, 0.15) is 5.75 Å². The van der Waals surface area contributed by atoms with Gasteiger partial charge in [-0.15, -0.1) is 0 Å². The number of aliphatic hydroxyl groups excluding tert-OH is 1. The monoisotopic (exact) mass is 300 g/mol. The highest BCUT2D eigenvalue weighted by molar-refractivity contribution is 5.95. The number of anilines is 1. The van der Waals surface area contributed by atoms with Gasteiger partial charge in [-0.2, -0.15) is 0 Å². The third-order valence-electron chi connectivity index (χ3n) is 3.38. The van der Waals surface area contributed by atoms with Crippen molar-refractivity contribution in [1.82, 2.24) is 4.98 Å². The van der Waals surface area contributed by atoms with Crippen molar-refractivity contribution in [2.24, 2.45) is 0 Å². The summed E-state index contributed by atoms with van der Waals surface area (Å²) in [6, 6.07) is 8.91. The predicted octanol–water partition coefficient (Wildman–Crippen LogP) is 2.71. The summed E-state index contributed by atoms with van der Waals surface area (Å²) in [4.78, 5) is 16.3. The van der Waals surface area contributed by atoms with Crippen LogP contribution in [0, 0.1) is 0 Å². The van der Waals surface area contributed by atoms with Crippen LogP contribution < -0.4 is 10.1 Å². The van der Waals surface area contributed by atoms with Gasteiger partial charge < -0.3 is 15.2 Å². The second-order valence-electron chi connectivity index (χ2n) is 4.91. The van der Waals surface area contributed by atoms with Gasteiger partial charge in [-0.25, -0.2) is 0 Å². The Morgan fingerprint density at radius 1 is 1.41 bits per heavy atom. The lowest BCUT2D eigenvalue weighted by molar-refractivity contribution is -0.117. The number of pyridine rings is 1. The summed E-state index contributed by atoms with van der Waals surface area (Å²) in [6.45, 7) is 4.09. The second kappa shape index (κ2) is 7.56. The van der Waals surface area contributed by atoms with Crippen LogP contribution in [0.15, 0.2) is 42.7 Å². The highest BCUT2D eigenvalue weighted by atomic mass is 16.5. The molecule has 1 atom stereocenters. The van der Waals surface area contributed by atoms with Gasteiger partial charge in [-0.3, -0.25) is 9.78 Å². The fourth-order valence-electron chi connectivity index (χ4n) is 2.11. The number of amides is 1. The molecule has 1 amide bonds. The Morgan fingerprint density at radius 2 is 2.23 bits per heavy atom. The van der Waals surface area contributed by atoms with Gasteiger partial charge in [-0.05, 0) is 43.7 Å². The molecule has 0 radical (unpaired) electrons. The van der Waals surface area contributed by atoms with Crippen LogP contribution in [0.5, 0.6) is 5.75 Å². The van der Waals surface area contributed by atoms with Gasteiger partial charge in [0.25, 0.3) is 0 Å². The number of hydrogen-bond donors (Lipinski definition) is 2. The fourth-order valence-corrected chi connectivity index (χ4v) is 2.11. The maximum atomic E-state index is 12.3. The molecule has 116 valence electrons. The number of nitrogens with zero attached hydrogens (tertiary/aromatic N) is 1. The molecule has 22 heavy (non-hydrogen) atoms. The molecule has 0 spiro atoms. The van der Waals surface area contributed by atoms with E-state index in [-0.39, 0.29) is 18.4 Å². The number of rotatable bonds is 6. The quantitative estimate of drug-likeness (QED) is 0.860. The molecule has 0 saturated carbocycles. The largest absolute Gasteiger partial charge is 0.494 e. The summed E-state index contributed by atoms with van der Waals surface area (Å²) in [5.74, 6) is 0.196. The van der Waals surface area contributed by atoms with Gasteiger partial charge in [0.15, 0.2) is 0 Å². The van der Waals surface area contributed by atoms with Crippen LogP contribution in [-0.2, 0) is 11.4 Å². The van der Waals surface area contributed by atoms with Crippen LogP contribution in [0.2, 0.25) is 0 Å². The molecule has 0 aliphatic rings. The lowest BCUT2D eigenvalue weighted by Gasteiger charge is -2.14. The van der Waals surface area contributed by atoms with Gasteiger partial charge in [-0.1, -0.05) is 6.07 Å². The minimum atomic E-state index is -0.308. The SMILES string of the molecule is CCOc1ccc(NC(=O)[C@H](C)c2cccnc2)cc1CO. The standard InChI is InChI=1S/C17H20N2O3/c1-3-22-16-7-6-15(9-14(16)11-20)19-17(21)12(2)13-5-4-8-18-10-13/h4-10,12,20H,3,11H2,1-2H3,(H,19,21)/t12-/m1/s1. The minimum Gasteiger partial charge on any atom is -0.494 e. The Kier molecular flexibility index (Phi) is 5.49. The molecule has 2 aromatic rings. The summed E-state index contributed by atoms with van der Waals surface area (Å²) in [5.41, 5.74) is 2.13. The van der Waals surface area contributed by atoms with E-state index in [1.807, 2.05) is 19.9 Å². The van der Waals surface area contributed by atoms with Crippen molar-refractivity contribution in [3.63, 3.8) is 0 Å². The maximum Gasteiger partial charge on any atom is 0.231 e. The highest BCUT2D eigenvalue weighted by Gasteiger charge is 2.16. The number of nitrogens with one attached hydrogen (secondary N) is 1. The molecular formula is C17H20N2O3. The minimum absolute atomic E-state index is 0.124. The Hall–Kier alpha value is -2.40. The van der Waals surface area contributed by atoms with Crippen molar-refractivity contribution in [3.8, 4) is 5.75 Å². The van der Waals surface area contributed by atoms with Gasteiger partial charge in [0.2, 0.25) is 5.91 Å². The number of ether oxygens (including phenoxy) is 1. The van der Waals surface area contributed by atoms with Gasteiger partial charge in [0.05, 0.1) is 19.1 Å². The Morgan fingerprint density at radius 3 is 2.86 bits per heavy atom. The summed E-state index contributed by atoms with van der Waals surface area (Å²) < 4.78 is 5.42. The number of hydrogen-bond acceptors (Lipinski definition) is 4. The van der Waals surface area contributed by atoms with E-state index in [2.05, 4.69) is 10.3 Å². The molecule has 1 aromatic heterocycles. The van der Waals surface area contributed by atoms with E-state index >= 15 is 0 Å². The Labute approximate surface area is 130 Å². The number of carbonyl (C=O) groups is 1. The van der Waals surface area contributed by atoms with E-state index in [1.54, 1.807) is 36.7 Å². The van der Waals surface area contributed by atoms with E-state index < -0.39 is 0 Å². The van der Waals surface area contributed by atoms with Gasteiger partial charge >= 0.3 is 0 Å². The van der Waals surface area contributed by atoms with Crippen molar-refractivity contribution in [1.29, 1.82) is 0 Å². The normalized spacial score (nSPS) is 11.8. The molecule has 0 unspecified atom stereocenters. The summed E-state index contributed by atoms with van der Waals surface area (Å²) in [7, 11) is 0. The van der Waals surface area contributed by atoms with Crippen LogP contribution in [-0.4, -0.2) is 22.6 Å². The van der Waals surface area contributed by atoms with Crippen LogP contribution in [0.1, 0.15) is 30.9 Å². The Bertz CT molecular complexity index is 629. The van der Waals surface area contributed by atoms with E-state index in [0.29, 0.717) is 23.6 Å². The van der Waals surface area contributed by atoms with Crippen molar-refractivity contribution in [2.45, 2.75) is 26.4 Å². The molecule has 2 rings (SSSR count). The van der Waals surface area contributed by atoms with Crippen molar-refractivity contribution in [3.05, 3.63) is 53.9 Å². The van der Waals surface area contributed by atoms with E-state index in [9.17, 15) is 9.90 Å². The first kappa shape index (κ1) is 16.0. The van der Waals surface area contributed by atoms with Crippen molar-refractivity contribution < 1.29 is 14.6 Å². The van der Waals surface area contributed by atoms with Gasteiger partial charge in [0, 0.05) is 23.6 Å². The van der Waals surface area contributed by atoms with E-state index in [4.69, 9.17) is 4.74 Å². The highest BCUT2D eigenvalue weighted by Crippen LogP contribution is 2.24. The number of carbonyl (C=O) groups excluding carboxylic acids is 1. The van der Waals surface area contributed by atoms with Crippen molar-refractivity contribution in [2.75, 3.05) is 11.9 Å². The molecule has 2 N–H and O–H groups in total. The maximum absolute atomic E-state index is 12.3. The first-order valence-corrected chi connectivity index (χ1v) is 7.23. The smallest absolute Gasteiger partial charge is 0.231 e. The molecule has 0 fully saturated rings. The zero-order valence-corrected chi connectivity index (χ0v) is 12.7.